The van der Waals surface area contributed by atoms with Crippen molar-refractivity contribution in [2.45, 2.75) is 0 Å². The van der Waals surface area contributed by atoms with E-state index in [1.165, 1.54) is 11.9 Å². The predicted octanol–water partition coefficient (Wildman–Crippen LogP) is 2.83. The Morgan fingerprint density at radius 1 is 1.00 bits per heavy atom. The van der Waals surface area contributed by atoms with Gasteiger partial charge in [-0.05, 0) is 24.3 Å². The number of rotatable bonds is 7. The van der Waals surface area contributed by atoms with E-state index in [0.717, 1.165) is 5.69 Å². The molecule has 2 aromatic carbocycles. The molecule has 12 heteroatoms. The SMILES string of the molecule is CNC(=O)c1nnc(N2CCN(c3ccccc3)C2=O)cc1Nc1cccc(-c2ncn(C)n2)c1OC. The molecule has 4 aromatic rings. The maximum absolute atomic E-state index is 13.2. The van der Waals surface area contributed by atoms with E-state index in [0.29, 0.717) is 47.4 Å². The number of carbonyl (C=O) groups is 2. The number of aryl methyl sites for hydroxylation is 1. The molecule has 1 fully saturated rings. The molecule has 3 amide bonds. The van der Waals surface area contributed by atoms with Gasteiger partial charge in [0.2, 0.25) is 0 Å². The summed E-state index contributed by atoms with van der Waals surface area (Å²) < 4.78 is 7.29. The Bertz CT molecular complexity index is 1460. The molecule has 0 unspecified atom stereocenters. The highest BCUT2D eigenvalue weighted by molar-refractivity contribution is 6.06. The van der Waals surface area contributed by atoms with Crippen LogP contribution in [-0.4, -0.2) is 64.1 Å². The average Bonchev–Trinajstić information content (AvgIpc) is 3.54. The molecule has 3 heterocycles. The van der Waals surface area contributed by atoms with Gasteiger partial charge in [0.05, 0.1) is 24.0 Å². The van der Waals surface area contributed by atoms with Crippen molar-refractivity contribution in [2.24, 2.45) is 7.05 Å². The number of urea groups is 1. The number of aromatic nitrogens is 5. The molecule has 0 saturated carbocycles. The molecule has 0 radical (unpaired) electrons. The highest BCUT2D eigenvalue weighted by Gasteiger charge is 2.32. The first kappa shape index (κ1) is 23.7. The molecule has 1 saturated heterocycles. The monoisotopic (exact) mass is 499 g/mol. The van der Waals surface area contributed by atoms with Crippen LogP contribution in [0.5, 0.6) is 5.75 Å². The third kappa shape index (κ3) is 4.51. The Balaban J connectivity index is 1.51. The van der Waals surface area contributed by atoms with Crippen molar-refractivity contribution in [3.05, 3.63) is 66.6 Å². The molecule has 0 atom stereocenters. The molecule has 12 nitrogen and oxygen atoms in total. The summed E-state index contributed by atoms with van der Waals surface area (Å²) in [6.07, 6.45) is 1.60. The highest BCUT2D eigenvalue weighted by atomic mass is 16.5. The summed E-state index contributed by atoms with van der Waals surface area (Å²) in [6.45, 7) is 0.919. The number of amides is 3. The van der Waals surface area contributed by atoms with Crippen molar-refractivity contribution in [3.8, 4) is 17.1 Å². The Hall–Kier alpha value is -5.00. The van der Waals surface area contributed by atoms with Crippen LogP contribution >= 0.6 is 0 Å². The second-order valence-corrected chi connectivity index (χ2v) is 8.22. The van der Waals surface area contributed by atoms with Gasteiger partial charge in [-0.1, -0.05) is 24.3 Å². The lowest BCUT2D eigenvalue weighted by molar-refractivity contribution is 0.0958. The van der Waals surface area contributed by atoms with Gasteiger partial charge in [0.1, 0.15) is 6.33 Å². The fourth-order valence-electron chi connectivity index (χ4n) is 4.13. The van der Waals surface area contributed by atoms with Gasteiger partial charge in [0.15, 0.2) is 23.1 Å². The third-order valence-corrected chi connectivity index (χ3v) is 5.91. The average molecular weight is 500 g/mol. The number of benzene rings is 2. The van der Waals surface area contributed by atoms with Gasteiger partial charge in [-0.25, -0.2) is 9.78 Å². The van der Waals surface area contributed by atoms with Gasteiger partial charge >= 0.3 is 6.03 Å². The summed E-state index contributed by atoms with van der Waals surface area (Å²) in [6, 6.07) is 16.3. The topological polar surface area (TPSA) is 130 Å². The summed E-state index contributed by atoms with van der Waals surface area (Å²) in [5.41, 5.74) is 2.47. The molecule has 0 bridgehead atoms. The van der Waals surface area contributed by atoms with Gasteiger partial charge < -0.3 is 15.4 Å². The molecule has 0 spiro atoms. The largest absolute Gasteiger partial charge is 0.494 e. The fourth-order valence-corrected chi connectivity index (χ4v) is 4.13. The number of ether oxygens (including phenoxy) is 1. The minimum absolute atomic E-state index is 0.0706. The van der Waals surface area contributed by atoms with Crippen LogP contribution in [0.3, 0.4) is 0 Å². The van der Waals surface area contributed by atoms with Gasteiger partial charge in [-0.2, -0.15) is 5.10 Å². The van der Waals surface area contributed by atoms with Gasteiger partial charge in [0, 0.05) is 38.9 Å². The quantitative estimate of drug-likeness (QED) is 0.397. The number of carbonyl (C=O) groups excluding carboxylic acids is 2. The number of methoxy groups -OCH3 is 1. The molecule has 0 aliphatic carbocycles. The van der Waals surface area contributed by atoms with E-state index < -0.39 is 5.91 Å². The number of anilines is 4. The lowest BCUT2D eigenvalue weighted by Crippen LogP contribution is -2.32. The predicted molar refractivity (Wildman–Crippen MR) is 138 cm³/mol. The van der Waals surface area contributed by atoms with Gasteiger partial charge in [-0.15, -0.1) is 10.2 Å². The van der Waals surface area contributed by atoms with Crippen molar-refractivity contribution in [2.75, 3.05) is 42.4 Å². The Labute approximate surface area is 212 Å². The van der Waals surface area contributed by atoms with Crippen LogP contribution in [0.2, 0.25) is 0 Å². The highest BCUT2D eigenvalue weighted by Crippen LogP contribution is 2.37. The number of nitrogens with one attached hydrogen (secondary N) is 2. The molecule has 5 rings (SSSR count). The normalized spacial score (nSPS) is 13.1. The zero-order valence-corrected chi connectivity index (χ0v) is 20.5. The molecule has 1 aliphatic rings. The molecule has 2 aromatic heterocycles. The standard InChI is InChI=1S/C25H25N9O3/c1-26-24(35)21-19(28-18-11-7-10-17(22(18)37-3)23-27-15-32(2)31-23)14-20(29-30-21)34-13-12-33(25(34)36)16-8-5-4-6-9-16/h4-11,14-15H,12-13H2,1-3H3,(H,26,35)(H,28,29). The summed E-state index contributed by atoms with van der Waals surface area (Å²) in [5, 5.41) is 18.5. The lowest BCUT2D eigenvalue weighted by atomic mass is 10.1. The minimum atomic E-state index is -0.429. The van der Waals surface area contributed by atoms with Crippen LogP contribution in [-0.2, 0) is 7.05 Å². The third-order valence-electron chi connectivity index (χ3n) is 5.91. The fraction of sp³-hybridized carbons (Fsp3) is 0.200. The Morgan fingerprint density at radius 2 is 1.78 bits per heavy atom. The van der Waals surface area contributed by atoms with Crippen LogP contribution in [0.15, 0.2) is 60.9 Å². The smallest absolute Gasteiger partial charge is 0.330 e. The maximum atomic E-state index is 13.2. The number of nitrogens with zero attached hydrogens (tertiary/aromatic N) is 7. The summed E-state index contributed by atoms with van der Waals surface area (Å²) in [7, 11) is 4.84. The zero-order chi connectivity index (χ0) is 25.9. The summed E-state index contributed by atoms with van der Waals surface area (Å²) in [4.78, 5) is 33.3. The molecule has 1 aliphatic heterocycles. The van der Waals surface area contributed by atoms with Gasteiger partial charge in [0.25, 0.3) is 5.91 Å². The van der Waals surface area contributed by atoms with E-state index in [9.17, 15) is 9.59 Å². The first-order valence-corrected chi connectivity index (χ1v) is 11.5. The van der Waals surface area contributed by atoms with E-state index in [1.807, 2.05) is 42.5 Å². The first-order valence-electron chi connectivity index (χ1n) is 11.5. The van der Waals surface area contributed by atoms with E-state index >= 15 is 0 Å². The molecular formula is C25H25N9O3. The van der Waals surface area contributed by atoms with Crippen molar-refractivity contribution >= 4 is 34.8 Å². The van der Waals surface area contributed by atoms with E-state index in [4.69, 9.17) is 4.74 Å². The van der Waals surface area contributed by atoms with E-state index in [-0.39, 0.29) is 11.7 Å². The summed E-state index contributed by atoms with van der Waals surface area (Å²) >= 11 is 0. The van der Waals surface area contributed by atoms with Gasteiger partial charge in [-0.3, -0.25) is 19.3 Å². The van der Waals surface area contributed by atoms with Crippen molar-refractivity contribution in [3.63, 3.8) is 0 Å². The van der Waals surface area contributed by atoms with Crippen molar-refractivity contribution < 1.29 is 14.3 Å². The Morgan fingerprint density at radius 3 is 2.49 bits per heavy atom. The molecule has 188 valence electrons. The summed E-state index contributed by atoms with van der Waals surface area (Å²) in [5.74, 6) is 0.871. The second kappa shape index (κ2) is 9.93. The second-order valence-electron chi connectivity index (χ2n) is 8.22. The Kier molecular flexibility index (Phi) is 6.37. The first-order chi connectivity index (χ1) is 18.0. The van der Waals surface area contributed by atoms with Crippen LogP contribution in [0, 0.1) is 0 Å². The minimum Gasteiger partial charge on any atom is -0.494 e. The number of hydrogen-bond acceptors (Lipinski definition) is 8. The van der Waals surface area contributed by atoms with Crippen LogP contribution in [0.4, 0.5) is 27.7 Å². The van der Waals surface area contributed by atoms with Crippen LogP contribution in [0.25, 0.3) is 11.4 Å². The molecular weight excluding hydrogens is 474 g/mol. The van der Waals surface area contributed by atoms with Crippen LogP contribution < -0.4 is 25.2 Å². The number of hydrogen-bond donors (Lipinski definition) is 2. The molecule has 37 heavy (non-hydrogen) atoms. The maximum Gasteiger partial charge on any atom is 0.330 e. The zero-order valence-electron chi connectivity index (χ0n) is 20.5. The molecule has 2 N–H and O–H groups in total. The van der Waals surface area contributed by atoms with Crippen molar-refractivity contribution in [1.82, 2.24) is 30.3 Å². The van der Waals surface area contributed by atoms with E-state index in [2.05, 4.69) is 30.9 Å². The lowest BCUT2D eigenvalue weighted by Gasteiger charge is -2.19. The number of para-hydroxylation sites is 2. The van der Waals surface area contributed by atoms with Crippen molar-refractivity contribution in [1.29, 1.82) is 0 Å². The van der Waals surface area contributed by atoms with Crippen LogP contribution in [0.1, 0.15) is 10.5 Å². The van der Waals surface area contributed by atoms with E-state index in [1.54, 1.807) is 42.2 Å².